The molecule has 2 heterocycles. The second-order valence-corrected chi connectivity index (χ2v) is 7.35. The molecule has 158 valence electrons. The van der Waals surface area contributed by atoms with Crippen LogP contribution in [0.5, 0.6) is 0 Å². The van der Waals surface area contributed by atoms with Crippen LogP contribution < -0.4 is 15.5 Å². The van der Waals surface area contributed by atoms with E-state index in [9.17, 15) is 0 Å². The van der Waals surface area contributed by atoms with Gasteiger partial charge in [0.25, 0.3) is 0 Å². The number of nitrogens with one attached hydrogen (secondary N) is 2. The third-order valence-electron chi connectivity index (χ3n) is 5.04. The number of aromatic nitrogens is 2. The Labute approximate surface area is 174 Å². The summed E-state index contributed by atoms with van der Waals surface area (Å²) >= 11 is 0. The molecule has 2 aromatic rings. The van der Waals surface area contributed by atoms with Crippen molar-refractivity contribution < 1.29 is 4.74 Å². The standard InChI is InChI=1S/C22H34N6O/c1-4-23-22(24-10-7-11-28-19(3)16-18(2)26-28)25-17-20-8-5-6-9-21(20)27-12-14-29-15-13-27/h5-6,8-9,16H,4,7,10-15,17H2,1-3H3,(H2,23,24,25). The molecule has 1 aromatic carbocycles. The van der Waals surface area contributed by atoms with E-state index in [1.165, 1.54) is 16.9 Å². The Kier molecular flexibility index (Phi) is 7.93. The van der Waals surface area contributed by atoms with Crippen molar-refractivity contribution in [2.45, 2.75) is 40.3 Å². The van der Waals surface area contributed by atoms with E-state index in [2.05, 4.69) is 69.5 Å². The van der Waals surface area contributed by atoms with Crippen LogP contribution in [0, 0.1) is 13.8 Å². The second kappa shape index (κ2) is 10.9. The molecule has 1 saturated heterocycles. The molecule has 7 nitrogen and oxygen atoms in total. The summed E-state index contributed by atoms with van der Waals surface area (Å²) in [4.78, 5) is 7.21. The van der Waals surface area contributed by atoms with E-state index in [-0.39, 0.29) is 0 Å². The lowest BCUT2D eigenvalue weighted by Crippen LogP contribution is -2.38. The highest BCUT2D eigenvalue weighted by Gasteiger charge is 2.14. The van der Waals surface area contributed by atoms with Crippen molar-refractivity contribution in [2.75, 3.05) is 44.3 Å². The van der Waals surface area contributed by atoms with Crippen molar-refractivity contribution >= 4 is 11.6 Å². The first-order valence-electron chi connectivity index (χ1n) is 10.6. The van der Waals surface area contributed by atoms with Crippen molar-refractivity contribution in [3.05, 3.63) is 47.3 Å². The van der Waals surface area contributed by atoms with Crippen LogP contribution in [0.2, 0.25) is 0 Å². The van der Waals surface area contributed by atoms with Crippen molar-refractivity contribution in [1.29, 1.82) is 0 Å². The van der Waals surface area contributed by atoms with Crippen molar-refractivity contribution in [2.24, 2.45) is 4.99 Å². The van der Waals surface area contributed by atoms with E-state index in [0.717, 1.165) is 64.0 Å². The van der Waals surface area contributed by atoms with Crippen LogP contribution in [0.1, 0.15) is 30.3 Å². The molecule has 3 rings (SSSR count). The zero-order valence-corrected chi connectivity index (χ0v) is 17.9. The minimum absolute atomic E-state index is 0.653. The Morgan fingerprint density at radius 1 is 1.17 bits per heavy atom. The van der Waals surface area contributed by atoms with Gasteiger partial charge in [-0.25, -0.2) is 4.99 Å². The third-order valence-corrected chi connectivity index (χ3v) is 5.04. The lowest BCUT2D eigenvalue weighted by molar-refractivity contribution is 0.122. The van der Waals surface area contributed by atoms with Crippen molar-refractivity contribution in [3.8, 4) is 0 Å². The maximum Gasteiger partial charge on any atom is 0.191 e. The summed E-state index contributed by atoms with van der Waals surface area (Å²) in [5, 5.41) is 11.3. The average molecular weight is 399 g/mol. The lowest BCUT2D eigenvalue weighted by Gasteiger charge is -2.30. The Balaban J connectivity index is 1.55. The Hall–Kier alpha value is -2.54. The first-order chi connectivity index (χ1) is 14.2. The molecular formula is C22H34N6O. The number of morpholine rings is 1. The molecular weight excluding hydrogens is 364 g/mol. The number of aliphatic imine (C=N–C) groups is 1. The van der Waals surface area contributed by atoms with Crippen molar-refractivity contribution in [1.82, 2.24) is 20.4 Å². The van der Waals surface area contributed by atoms with Gasteiger partial charge >= 0.3 is 0 Å². The number of hydrogen-bond donors (Lipinski definition) is 2. The van der Waals surface area contributed by atoms with Gasteiger partial charge in [0.1, 0.15) is 0 Å². The summed E-state index contributed by atoms with van der Waals surface area (Å²) in [5.41, 5.74) is 4.79. The zero-order valence-electron chi connectivity index (χ0n) is 17.9. The summed E-state index contributed by atoms with van der Waals surface area (Å²) in [6.45, 7) is 12.9. The smallest absolute Gasteiger partial charge is 0.191 e. The van der Waals surface area contributed by atoms with E-state index >= 15 is 0 Å². The van der Waals surface area contributed by atoms with Gasteiger partial charge < -0.3 is 20.3 Å². The number of rotatable bonds is 8. The van der Waals surface area contributed by atoms with Crippen LogP contribution in [-0.4, -0.2) is 55.1 Å². The van der Waals surface area contributed by atoms with E-state index in [0.29, 0.717) is 6.54 Å². The quantitative estimate of drug-likeness (QED) is 0.406. The van der Waals surface area contributed by atoms with E-state index in [4.69, 9.17) is 9.73 Å². The summed E-state index contributed by atoms with van der Waals surface area (Å²) in [5.74, 6) is 0.859. The van der Waals surface area contributed by atoms with E-state index in [1.807, 2.05) is 6.92 Å². The van der Waals surface area contributed by atoms with E-state index < -0.39 is 0 Å². The van der Waals surface area contributed by atoms with Gasteiger partial charge in [0.2, 0.25) is 0 Å². The highest BCUT2D eigenvalue weighted by molar-refractivity contribution is 5.79. The zero-order chi connectivity index (χ0) is 20.5. The predicted molar refractivity (Wildman–Crippen MR) is 119 cm³/mol. The maximum atomic E-state index is 5.49. The number of ether oxygens (including phenoxy) is 1. The highest BCUT2D eigenvalue weighted by Crippen LogP contribution is 2.22. The number of para-hydroxylation sites is 1. The fourth-order valence-electron chi connectivity index (χ4n) is 3.60. The van der Waals surface area contributed by atoms with Crippen molar-refractivity contribution in [3.63, 3.8) is 0 Å². The molecule has 1 fully saturated rings. The first kappa shape index (κ1) is 21.2. The summed E-state index contributed by atoms with van der Waals surface area (Å²) < 4.78 is 7.56. The van der Waals surface area contributed by atoms with Gasteiger partial charge in [-0.05, 0) is 44.9 Å². The molecule has 0 aliphatic carbocycles. The molecule has 0 spiro atoms. The number of hydrogen-bond acceptors (Lipinski definition) is 4. The number of guanidine groups is 1. The fourth-order valence-corrected chi connectivity index (χ4v) is 3.60. The molecule has 0 bridgehead atoms. The summed E-state index contributed by atoms with van der Waals surface area (Å²) in [6, 6.07) is 10.7. The van der Waals surface area contributed by atoms with Crippen LogP contribution in [0.15, 0.2) is 35.3 Å². The molecule has 29 heavy (non-hydrogen) atoms. The summed E-state index contributed by atoms with van der Waals surface area (Å²) in [6.07, 6.45) is 0.997. The van der Waals surface area contributed by atoms with E-state index in [1.54, 1.807) is 0 Å². The highest BCUT2D eigenvalue weighted by atomic mass is 16.5. The topological polar surface area (TPSA) is 66.7 Å². The van der Waals surface area contributed by atoms with Crippen LogP contribution in [0.4, 0.5) is 5.69 Å². The maximum absolute atomic E-state index is 5.49. The van der Waals surface area contributed by atoms with Crippen LogP contribution >= 0.6 is 0 Å². The molecule has 0 unspecified atom stereocenters. The fraction of sp³-hybridized carbons (Fsp3) is 0.545. The largest absolute Gasteiger partial charge is 0.378 e. The monoisotopic (exact) mass is 398 g/mol. The first-order valence-corrected chi connectivity index (χ1v) is 10.6. The molecule has 1 aliphatic heterocycles. The van der Waals surface area contributed by atoms with Crippen LogP contribution in [0.3, 0.4) is 0 Å². The second-order valence-electron chi connectivity index (χ2n) is 7.35. The number of anilines is 1. The van der Waals surface area contributed by atoms with Gasteiger partial charge in [-0.2, -0.15) is 5.10 Å². The minimum Gasteiger partial charge on any atom is -0.378 e. The Morgan fingerprint density at radius 2 is 1.97 bits per heavy atom. The van der Waals surface area contributed by atoms with Gasteiger partial charge in [-0.15, -0.1) is 0 Å². The van der Waals surface area contributed by atoms with Crippen LogP contribution in [-0.2, 0) is 17.8 Å². The third kappa shape index (κ3) is 6.22. The average Bonchev–Trinajstić information content (AvgIpc) is 3.07. The van der Waals surface area contributed by atoms with Gasteiger partial charge in [0.15, 0.2) is 5.96 Å². The molecule has 0 atom stereocenters. The molecule has 1 aromatic heterocycles. The molecule has 1 aliphatic rings. The Bertz CT molecular complexity index is 794. The number of nitrogens with zero attached hydrogens (tertiary/aromatic N) is 4. The SMILES string of the molecule is CCNC(=NCc1ccccc1N1CCOCC1)NCCCn1nc(C)cc1C. The van der Waals surface area contributed by atoms with Gasteiger partial charge in [0, 0.05) is 44.1 Å². The predicted octanol–water partition coefficient (Wildman–Crippen LogP) is 2.48. The molecule has 0 amide bonds. The Morgan fingerprint density at radius 3 is 2.69 bits per heavy atom. The molecule has 7 heteroatoms. The van der Waals surface area contributed by atoms with Crippen LogP contribution in [0.25, 0.3) is 0 Å². The molecule has 0 radical (unpaired) electrons. The summed E-state index contributed by atoms with van der Waals surface area (Å²) in [7, 11) is 0. The number of benzene rings is 1. The normalized spacial score (nSPS) is 14.9. The molecule has 2 N–H and O–H groups in total. The minimum atomic E-state index is 0.653. The van der Waals surface area contributed by atoms with Gasteiger partial charge in [0.05, 0.1) is 25.5 Å². The molecule has 0 saturated carbocycles. The number of aryl methyl sites for hydroxylation is 3. The van der Waals surface area contributed by atoms with Gasteiger partial charge in [-0.3, -0.25) is 4.68 Å². The van der Waals surface area contributed by atoms with Gasteiger partial charge in [-0.1, -0.05) is 18.2 Å². The lowest BCUT2D eigenvalue weighted by atomic mass is 10.1.